The molecule has 3 heterocycles. The Morgan fingerprint density at radius 2 is 1.91 bits per heavy atom. The van der Waals surface area contributed by atoms with Crippen molar-refractivity contribution in [2.45, 2.75) is 30.8 Å². The number of rotatable bonds is 2. The van der Waals surface area contributed by atoms with Crippen LogP contribution in [0.25, 0.3) is 0 Å². The smallest absolute Gasteiger partial charge is 0.177 e. The van der Waals surface area contributed by atoms with E-state index >= 15 is 0 Å². The zero-order valence-corrected chi connectivity index (χ0v) is 12.3. The first-order valence-electron chi connectivity index (χ1n) is 6.91. The van der Waals surface area contributed by atoms with E-state index in [2.05, 4.69) is 15.0 Å². The van der Waals surface area contributed by atoms with Gasteiger partial charge in [0.05, 0.1) is 6.61 Å². The molecule has 0 bridgehead atoms. The van der Waals surface area contributed by atoms with Crippen LogP contribution >= 0.6 is 0 Å². The summed E-state index contributed by atoms with van der Waals surface area (Å²) in [4.78, 5) is 12.7. The second-order valence-electron chi connectivity index (χ2n) is 4.86. The lowest BCUT2D eigenvalue weighted by Gasteiger charge is -2.33. The van der Waals surface area contributed by atoms with Gasteiger partial charge in [0, 0.05) is 18.6 Å². The highest BCUT2D eigenvalue weighted by Crippen LogP contribution is 2.25. The second kappa shape index (κ2) is 7.94. The Balaban J connectivity index is 0.000000268. The van der Waals surface area contributed by atoms with Crippen molar-refractivity contribution in [2.24, 2.45) is 16.5 Å². The maximum atomic E-state index is 9.80. The topological polar surface area (TPSA) is 163 Å². The third kappa shape index (κ3) is 4.21. The molecule has 1 fully saturated rings. The Morgan fingerprint density at radius 3 is 2.35 bits per heavy atom. The van der Waals surface area contributed by atoms with Crippen molar-refractivity contribution >= 4 is 5.84 Å². The molecule has 10 heteroatoms. The fourth-order valence-corrected chi connectivity index (χ4v) is 2.13. The van der Waals surface area contributed by atoms with Gasteiger partial charge < -0.3 is 30.7 Å². The molecule has 0 saturated carbocycles. The molecule has 2 aliphatic rings. The molecular formula is C13H20N6O4. The number of aromatic nitrogens is 2. The van der Waals surface area contributed by atoms with Gasteiger partial charge in [-0.25, -0.2) is 15.0 Å². The Labute approximate surface area is 132 Å². The van der Waals surface area contributed by atoms with E-state index in [1.165, 1.54) is 23.5 Å². The minimum absolute atomic E-state index is 0.278. The van der Waals surface area contributed by atoms with Gasteiger partial charge >= 0.3 is 0 Å². The first-order valence-corrected chi connectivity index (χ1v) is 6.91. The van der Waals surface area contributed by atoms with Crippen LogP contribution in [0, 0.1) is 0 Å². The lowest BCUT2D eigenvalue weighted by molar-refractivity contribution is -0.0916. The van der Waals surface area contributed by atoms with E-state index < -0.39 is 30.8 Å². The summed E-state index contributed by atoms with van der Waals surface area (Å²) >= 11 is 0. The number of nitrogens with zero attached hydrogens (tertiary/aromatic N) is 4. The van der Waals surface area contributed by atoms with Crippen LogP contribution in [0.3, 0.4) is 0 Å². The van der Waals surface area contributed by atoms with Gasteiger partial charge in [0.1, 0.15) is 30.5 Å². The first-order chi connectivity index (χ1) is 11.0. The molecule has 1 aromatic rings. The standard InChI is InChI=1S/C9H16N4O4.C4H4N2/c10-5-1-2-13(9(11)12-5)8-7(16)6(15)4(3-14)17-8;1-2-5-4-6-3-1/h1-2,4,6-9,14-16H,3,11H2,(H2,10,12);1-4H/t4-,6-,7-,8-,9?;/m1./s1. The zero-order valence-electron chi connectivity index (χ0n) is 12.3. The molecule has 10 nitrogen and oxygen atoms in total. The molecule has 0 amide bonds. The fourth-order valence-electron chi connectivity index (χ4n) is 2.13. The molecule has 3 rings (SSSR count). The highest BCUT2D eigenvalue weighted by atomic mass is 16.6. The number of amidine groups is 1. The van der Waals surface area contributed by atoms with Crippen LogP contribution in [0.15, 0.2) is 42.1 Å². The summed E-state index contributed by atoms with van der Waals surface area (Å²) < 4.78 is 5.31. The predicted molar refractivity (Wildman–Crippen MR) is 80.4 cm³/mol. The van der Waals surface area contributed by atoms with Gasteiger partial charge in [-0.1, -0.05) is 0 Å². The van der Waals surface area contributed by atoms with Gasteiger partial charge in [-0.2, -0.15) is 0 Å². The molecule has 0 radical (unpaired) electrons. The SMILES string of the molecule is NC1=NC(N)N([C@@H]2O[C@H](CO)[C@@H](O)[C@H]2O)C=C1.c1cncnc1. The van der Waals surface area contributed by atoms with E-state index in [1.54, 1.807) is 18.5 Å². The number of aliphatic hydroxyl groups excluding tert-OH is 3. The van der Waals surface area contributed by atoms with Crippen molar-refractivity contribution in [1.29, 1.82) is 0 Å². The number of aliphatic imine (C=N–C) groups is 1. The van der Waals surface area contributed by atoms with Gasteiger partial charge in [0.2, 0.25) is 0 Å². The summed E-state index contributed by atoms with van der Waals surface area (Å²) in [5, 5.41) is 28.4. The summed E-state index contributed by atoms with van der Waals surface area (Å²) in [6.07, 6.45) is 3.12. The molecule has 5 atom stereocenters. The van der Waals surface area contributed by atoms with Crippen LogP contribution in [0.4, 0.5) is 0 Å². The molecule has 0 aromatic carbocycles. The van der Waals surface area contributed by atoms with Crippen molar-refractivity contribution in [3.05, 3.63) is 37.1 Å². The molecule has 23 heavy (non-hydrogen) atoms. The quantitative estimate of drug-likeness (QED) is 0.390. The van der Waals surface area contributed by atoms with Crippen molar-refractivity contribution < 1.29 is 20.1 Å². The molecule has 1 saturated heterocycles. The molecule has 0 spiro atoms. The van der Waals surface area contributed by atoms with E-state index in [1.807, 2.05) is 0 Å². The molecule has 1 unspecified atom stereocenters. The molecular weight excluding hydrogens is 304 g/mol. The van der Waals surface area contributed by atoms with E-state index in [9.17, 15) is 10.2 Å². The summed E-state index contributed by atoms with van der Waals surface area (Å²) in [7, 11) is 0. The van der Waals surface area contributed by atoms with Crippen LogP contribution in [0.5, 0.6) is 0 Å². The molecule has 126 valence electrons. The number of hydrogen-bond acceptors (Lipinski definition) is 10. The van der Waals surface area contributed by atoms with Gasteiger partial charge in [0.15, 0.2) is 12.5 Å². The molecule has 7 N–H and O–H groups in total. The Morgan fingerprint density at radius 1 is 1.22 bits per heavy atom. The van der Waals surface area contributed by atoms with Gasteiger partial charge in [0.25, 0.3) is 0 Å². The van der Waals surface area contributed by atoms with Crippen LogP contribution in [0.1, 0.15) is 0 Å². The first kappa shape index (κ1) is 17.2. The van der Waals surface area contributed by atoms with Crippen molar-refractivity contribution in [1.82, 2.24) is 14.9 Å². The number of nitrogens with two attached hydrogens (primary N) is 2. The third-order valence-electron chi connectivity index (χ3n) is 3.29. The fraction of sp³-hybridized carbons (Fsp3) is 0.462. The van der Waals surface area contributed by atoms with E-state index in [4.69, 9.17) is 21.3 Å². The largest absolute Gasteiger partial charge is 0.394 e. The Hall–Kier alpha value is -2.11. The van der Waals surface area contributed by atoms with Crippen LogP contribution in [-0.2, 0) is 4.74 Å². The number of ether oxygens (including phenoxy) is 1. The minimum Gasteiger partial charge on any atom is -0.394 e. The van der Waals surface area contributed by atoms with E-state index in [0.717, 1.165) is 0 Å². The molecule has 1 aromatic heterocycles. The zero-order chi connectivity index (χ0) is 16.8. The lowest BCUT2D eigenvalue weighted by atomic mass is 10.1. The molecule has 0 aliphatic carbocycles. The predicted octanol–water partition coefficient (Wildman–Crippen LogP) is -2.67. The van der Waals surface area contributed by atoms with E-state index in [-0.39, 0.29) is 12.4 Å². The maximum Gasteiger partial charge on any atom is 0.177 e. The Bertz CT molecular complexity index is 516. The third-order valence-corrected chi connectivity index (χ3v) is 3.29. The summed E-state index contributed by atoms with van der Waals surface area (Å²) in [6.45, 7) is -0.382. The van der Waals surface area contributed by atoms with Crippen molar-refractivity contribution in [3.63, 3.8) is 0 Å². The summed E-state index contributed by atoms with van der Waals surface area (Å²) in [6, 6.07) is 1.78. The maximum absolute atomic E-state index is 9.80. The minimum atomic E-state index is -1.17. The van der Waals surface area contributed by atoms with Gasteiger partial charge in [-0.15, -0.1) is 0 Å². The highest BCUT2D eigenvalue weighted by molar-refractivity contribution is 5.91. The summed E-state index contributed by atoms with van der Waals surface area (Å²) in [5.41, 5.74) is 11.2. The van der Waals surface area contributed by atoms with Gasteiger partial charge in [-0.3, -0.25) is 5.73 Å². The summed E-state index contributed by atoms with van der Waals surface area (Å²) in [5.74, 6) is 0.278. The highest BCUT2D eigenvalue weighted by Gasteiger charge is 2.46. The van der Waals surface area contributed by atoms with Crippen molar-refractivity contribution in [2.75, 3.05) is 6.61 Å². The normalized spacial score (nSPS) is 33.0. The Kier molecular flexibility index (Phi) is 5.96. The molecule has 2 aliphatic heterocycles. The number of aliphatic hydroxyl groups is 3. The van der Waals surface area contributed by atoms with Crippen LogP contribution in [-0.4, -0.2) is 73.5 Å². The average Bonchev–Trinajstić information content (AvgIpc) is 2.85. The van der Waals surface area contributed by atoms with Crippen molar-refractivity contribution in [3.8, 4) is 0 Å². The monoisotopic (exact) mass is 324 g/mol. The average molecular weight is 324 g/mol. The van der Waals surface area contributed by atoms with Gasteiger partial charge in [-0.05, 0) is 12.1 Å². The van der Waals surface area contributed by atoms with Crippen LogP contribution in [0.2, 0.25) is 0 Å². The number of hydrogen-bond donors (Lipinski definition) is 5. The van der Waals surface area contributed by atoms with Crippen LogP contribution < -0.4 is 11.5 Å². The lowest BCUT2D eigenvalue weighted by Crippen LogP contribution is -2.51. The second-order valence-corrected chi connectivity index (χ2v) is 4.86. The van der Waals surface area contributed by atoms with E-state index in [0.29, 0.717) is 0 Å².